The number of hydrogen-bond donors (Lipinski definition) is 3. The number of nitrogen functional groups attached to an aromatic ring is 1. The second kappa shape index (κ2) is 5.68. The lowest BCUT2D eigenvalue weighted by molar-refractivity contribution is 0.965. The molecule has 1 saturated carbocycles. The first-order valence-electron chi connectivity index (χ1n) is 7.61. The zero-order chi connectivity index (χ0) is 15.6. The highest BCUT2D eigenvalue weighted by Gasteiger charge is 2.26. The molecule has 1 aliphatic rings. The number of nitrogens with two attached hydrogens (primary N) is 1. The molecule has 0 spiro atoms. The van der Waals surface area contributed by atoms with E-state index >= 15 is 0 Å². The third-order valence-corrected chi connectivity index (χ3v) is 3.95. The van der Waals surface area contributed by atoms with Gasteiger partial charge in [0.05, 0.1) is 23.1 Å². The topological polar surface area (TPSA) is 105 Å². The van der Waals surface area contributed by atoms with Crippen LogP contribution in [0.25, 0.3) is 11.3 Å². The molecule has 0 unspecified atom stereocenters. The molecule has 0 atom stereocenters. The van der Waals surface area contributed by atoms with Crippen molar-refractivity contribution in [1.29, 1.82) is 0 Å². The fraction of sp³-hybridized carbons (Fsp3) is 0.250. The van der Waals surface area contributed by atoms with Crippen molar-refractivity contribution in [3.05, 3.63) is 48.0 Å². The quantitative estimate of drug-likeness (QED) is 0.668. The molecule has 0 aromatic carbocycles. The molecular formula is C16H17N7. The number of aromatic nitrogens is 5. The van der Waals surface area contributed by atoms with E-state index in [1.165, 1.54) is 12.8 Å². The number of H-pyrrole nitrogens is 1. The average molecular weight is 307 g/mol. The molecule has 7 heteroatoms. The summed E-state index contributed by atoms with van der Waals surface area (Å²) in [5.41, 5.74) is 10.7. The van der Waals surface area contributed by atoms with Gasteiger partial charge in [-0.3, -0.25) is 10.1 Å². The van der Waals surface area contributed by atoms with Crippen LogP contribution in [0.2, 0.25) is 0 Å². The highest BCUT2D eigenvalue weighted by Crippen LogP contribution is 2.41. The van der Waals surface area contributed by atoms with Gasteiger partial charge in [0, 0.05) is 30.6 Å². The zero-order valence-electron chi connectivity index (χ0n) is 12.5. The Kier molecular flexibility index (Phi) is 3.38. The van der Waals surface area contributed by atoms with E-state index in [-0.39, 0.29) is 0 Å². The van der Waals surface area contributed by atoms with E-state index in [0.29, 0.717) is 18.3 Å². The molecule has 3 aromatic rings. The van der Waals surface area contributed by atoms with Crippen LogP contribution in [0.1, 0.15) is 30.0 Å². The Labute approximate surface area is 133 Å². The average Bonchev–Trinajstić information content (AvgIpc) is 3.32. The van der Waals surface area contributed by atoms with Gasteiger partial charge in [0.2, 0.25) is 0 Å². The van der Waals surface area contributed by atoms with Crippen LogP contribution >= 0.6 is 0 Å². The van der Waals surface area contributed by atoms with E-state index in [0.717, 1.165) is 28.2 Å². The summed E-state index contributed by atoms with van der Waals surface area (Å²) in [6, 6.07) is 5.98. The van der Waals surface area contributed by atoms with Crippen molar-refractivity contribution in [2.24, 2.45) is 0 Å². The lowest BCUT2D eigenvalue weighted by atomic mass is 10.1. The second-order valence-corrected chi connectivity index (χ2v) is 5.72. The van der Waals surface area contributed by atoms with Gasteiger partial charge in [-0.2, -0.15) is 10.2 Å². The Hall–Kier alpha value is -2.96. The van der Waals surface area contributed by atoms with Gasteiger partial charge in [-0.15, -0.1) is 5.10 Å². The molecule has 23 heavy (non-hydrogen) atoms. The van der Waals surface area contributed by atoms with Crippen molar-refractivity contribution in [1.82, 2.24) is 25.4 Å². The number of nitrogens with one attached hydrogen (secondary N) is 2. The molecule has 0 saturated heterocycles. The van der Waals surface area contributed by atoms with E-state index < -0.39 is 0 Å². The standard InChI is InChI=1S/C16H17N7/c17-16-15(13-6-12(21-22-13)11-3-4-11)14(9-20-23-16)19-8-10-2-1-5-18-7-10/h1-2,5-7,9,11H,3-4,8H2,(H,21,22)(H3,17,19,23). The third-order valence-electron chi connectivity index (χ3n) is 3.95. The molecule has 0 aliphatic heterocycles. The predicted octanol–water partition coefficient (Wildman–Crippen LogP) is 2.33. The smallest absolute Gasteiger partial charge is 0.157 e. The van der Waals surface area contributed by atoms with Crippen molar-refractivity contribution in [2.45, 2.75) is 25.3 Å². The Balaban J connectivity index is 1.62. The Morgan fingerprint density at radius 2 is 2.22 bits per heavy atom. The molecule has 116 valence electrons. The number of anilines is 2. The fourth-order valence-corrected chi connectivity index (χ4v) is 2.57. The van der Waals surface area contributed by atoms with E-state index in [2.05, 4.69) is 36.8 Å². The van der Waals surface area contributed by atoms with Crippen LogP contribution in [0, 0.1) is 0 Å². The molecule has 3 heterocycles. The van der Waals surface area contributed by atoms with Crippen molar-refractivity contribution in [2.75, 3.05) is 11.1 Å². The van der Waals surface area contributed by atoms with Gasteiger partial charge < -0.3 is 11.1 Å². The van der Waals surface area contributed by atoms with E-state index in [9.17, 15) is 0 Å². The molecule has 3 aromatic heterocycles. The van der Waals surface area contributed by atoms with Gasteiger partial charge in [-0.05, 0) is 30.5 Å². The normalized spacial score (nSPS) is 13.9. The van der Waals surface area contributed by atoms with Crippen molar-refractivity contribution < 1.29 is 0 Å². The SMILES string of the molecule is Nc1nncc(NCc2cccnc2)c1-c1cc(C2CC2)[nH]n1. The monoisotopic (exact) mass is 307 g/mol. The first kappa shape index (κ1) is 13.7. The Morgan fingerprint density at radius 1 is 1.30 bits per heavy atom. The van der Waals surface area contributed by atoms with E-state index in [1.807, 2.05) is 18.3 Å². The number of nitrogens with zero attached hydrogens (tertiary/aromatic N) is 4. The van der Waals surface area contributed by atoms with E-state index in [1.54, 1.807) is 12.4 Å². The van der Waals surface area contributed by atoms with Gasteiger partial charge in [-0.1, -0.05) is 6.07 Å². The largest absolute Gasteiger partial charge is 0.382 e. The summed E-state index contributed by atoms with van der Waals surface area (Å²) in [7, 11) is 0. The molecule has 4 N–H and O–H groups in total. The fourth-order valence-electron chi connectivity index (χ4n) is 2.57. The number of hydrogen-bond acceptors (Lipinski definition) is 6. The van der Waals surface area contributed by atoms with E-state index in [4.69, 9.17) is 5.73 Å². The molecule has 0 bridgehead atoms. The van der Waals surface area contributed by atoms with Gasteiger partial charge in [-0.25, -0.2) is 0 Å². The van der Waals surface area contributed by atoms with Crippen LogP contribution in [0.5, 0.6) is 0 Å². The lowest BCUT2D eigenvalue weighted by Gasteiger charge is -2.11. The summed E-state index contributed by atoms with van der Waals surface area (Å²) in [6.07, 6.45) is 7.69. The molecule has 1 fully saturated rings. The molecular weight excluding hydrogens is 290 g/mol. The number of rotatable bonds is 5. The number of pyridine rings is 1. The maximum Gasteiger partial charge on any atom is 0.157 e. The Bertz CT molecular complexity index is 808. The Morgan fingerprint density at radius 3 is 3.00 bits per heavy atom. The van der Waals surface area contributed by atoms with Crippen LogP contribution in [0.4, 0.5) is 11.5 Å². The van der Waals surface area contributed by atoms with Gasteiger partial charge in [0.25, 0.3) is 0 Å². The second-order valence-electron chi connectivity index (χ2n) is 5.72. The van der Waals surface area contributed by atoms with Crippen molar-refractivity contribution in [3.8, 4) is 11.3 Å². The summed E-state index contributed by atoms with van der Waals surface area (Å²) >= 11 is 0. The minimum absolute atomic E-state index is 0.370. The molecule has 0 amide bonds. The maximum atomic E-state index is 6.04. The van der Waals surface area contributed by atoms with Crippen LogP contribution in [0.3, 0.4) is 0 Å². The lowest BCUT2D eigenvalue weighted by Crippen LogP contribution is -2.05. The molecule has 7 nitrogen and oxygen atoms in total. The predicted molar refractivity (Wildman–Crippen MR) is 87.6 cm³/mol. The zero-order valence-corrected chi connectivity index (χ0v) is 12.5. The van der Waals surface area contributed by atoms with Crippen molar-refractivity contribution in [3.63, 3.8) is 0 Å². The summed E-state index contributed by atoms with van der Waals surface area (Å²) < 4.78 is 0. The first-order chi connectivity index (χ1) is 11.3. The van der Waals surface area contributed by atoms with Crippen LogP contribution in [-0.2, 0) is 6.54 Å². The molecule has 1 aliphatic carbocycles. The summed E-state index contributed by atoms with van der Waals surface area (Å²) in [5, 5.41) is 18.8. The number of aromatic amines is 1. The van der Waals surface area contributed by atoms with Crippen LogP contribution in [-0.4, -0.2) is 25.4 Å². The van der Waals surface area contributed by atoms with Gasteiger partial charge in [0.15, 0.2) is 5.82 Å². The third kappa shape index (κ3) is 2.85. The summed E-state index contributed by atoms with van der Waals surface area (Å²) in [4.78, 5) is 4.11. The van der Waals surface area contributed by atoms with Gasteiger partial charge in [0.1, 0.15) is 0 Å². The highest BCUT2D eigenvalue weighted by molar-refractivity contribution is 5.83. The van der Waals surface area contributed by atoms with Gasteiger partial charge >= 0.3 is 0 Å². The van der Waals surface area contributed by atoms with Crippen LogP contribution in [0.15, 0.2) is 36.8 Å². The highest BCUT2D eigenvalue weighted by atomic mass is 15.2. The minimum Gasteiger partial charge on any atom is -0.382 e. The summed E-state index contributed by atoms with van der Waals surface area (Å²) in [5.74, 6) is 0.981. The maximum absolute atomic E-state index is 6.04. The first-order valence-corrected chi connectivity index (χ1v) is 7.61. The molecule has 0 radical (unpaired) electrons. The molecule has 4 rings (SSSR count). The summed E-state index contributed by atoms with van der Waals surface area (Å²) in [6.45, 7) is 0.631. The van der Waals surface area contributed by atoms with Crippen LogP contribution < -0.4 is 11.1 Å². The van der Waals surface area contributed by atoms with Crippen molar-refractivity contribution >= 4 is 11.5 Å². The minimum atomic E-state index is 0.370.